The topological polar surface area (TPSA) is 65.0 Å². The lowest BCUT2D eigenvalue weighted by atomic mass is 9.83. The summed E-state index contributed by atoms with van der Waals surface area (Å²) in [5.41, 5.74) is 12.2. The van der Waals surface area contributed by atoms with E-state index in [2.05, 4.69) is 115 Å². The highest BCUT2D eigenvalue weighted by Crippen LogP contribution is 2.44. The van der Waals surface area contributed by atoms with Crippen molar-refractivity contribution in [2.75, 3.05) is 0 Å². The summed E-state index contributed by atoms with van der Waals surface area (Å²) in [5, 5.41) is 6.47. The van der Waals surface area contributed by atoms with Gasteiger partial charge >= 0.3 is 0 Å². The van der Waals surface area contributed by atoms with Crippen molar-refractivity contribution in [3.8, 4) is 45.3 Å². The molecule has 3 aromatic heterocycles. The van der Waals surface area contributed by atoms with Gasteiger partial charge in [0.1, 0.15) is 22.3 Å². The van der Waals surface area contributed by atoms with Crippen molar-refractivity contribution in [1.82, 2.24) is 15.0 Å². The van der Waals surface area contributed by atoms with Crippen LogP contribution in [-0.2, 0) is 6.42 Å². The normalized spacial score (nSPS) is 13.9. The standard InChI is InChI=1S/C53H33N3O2/c1-2-14-33(15-3-1)51-54-52(56-53(55-51)44-22-12-21-41-40-19-8-10-23-46(40)58-50(41)44)42-28-27-39(37-17-6-7-18-38(37)42)45-30-36(35-26-25-32-13-4-5-16-34(32)29-35)31-48-49(45)43-20-9-11-24-47(43)57-48/h1-28,30-31,35H,29H2. The number of fused-ring (bicyclic) bond motifs is 8. The number of benzene rings is 8. The lowest BCUT2D eigenvalue weighted by Crippen LogP contribution is -2.06. The van der Waals surface area contributed by atoms with Crippen molar-refractivity contribution < 1.29 is 8.83 Å². The smallest absolute Gasteiger partial charge is 0.167 e. The second-order valence-electron chi connectivity index (χ2n) is 15.1. The maximum absolute atomic E-state index is 6.62. The van der Waals surface area contributed by atoms with Gasteiger partial charge in [-0.05, 0) is 81.4 Å². The van der Waals surface area contributed by atoms with Crippen LogP contribution < -0.4 is 0 Å². The molecule has 0 radical (unpaired) electrons. The molecule has 272 valence electrons. The van der Waals surface area contributed by atoms with Gasteiger partial charge in [0.15, 0.2) is 17.5 Å². The van der Waals surface area contributed by atoms with E-state index in [1.165, 1.54) is 16.7 Å². The molecule has 5 heteroatoms. The van der Waals surface area contributed by atoms with Crippen LogP contribution in [0, 0.1) is 0 Å². The SMILES string of the molecule is C1=CC(c2cc(-c3ccc(-c4nc(-c5ccccc5)nc(-c5cccc6c5oc5ccccc56)n4)c4ccccc34)c3c(c2)oc2ccccc23)Cc2ccccc21. The Bertz CT molecular complexity index is 3450. The summed E-state index contributed by atoms with van der Waals surface area (Å²) in [6.45, 7) is 0. The Morgan fingerprint density at radius 3 is 1.91 bits per heavy atom. The lowest BCUT2D eigenvalue weighted by molar-refractivity contribution is 0.667. The van der Waals surface area contributed by atoms with Gasteiger partial charge in [0.25, 0.3) is 0 Å². The molecule has 12 rings (SSSR count). The second-order valence-corrected chi connectivity index (χ2v) is 15.1. The van der Waals surface area contributed by atoms with Crippen LogP contribution >= 0.6 is 0 Å². The van der Waals surface area contributed by atoms with Crippen molar-refractivity contribution in [3.63, 3.8) is 0 Å². The summed E-state index contributed by atoms with van der Waals surface area (Å²) in [5.74, 6) is 1.97. The molecule has 1 atom stereocenters. The van der Waals surface area contributed by atoms with Crippen molar-refractivity contribution in [1.29, 1.82) is 0 Å². The third-order valence-corrected chi connectivity index (χ3v) is 11.7. The number of para-hydroxylation sites is 3. The predicted octanol–water partition coefficient (Wildman–Crippen LogP) is 13.8. The maximum Gasteiger partial charge on any atom is 0.167 e. The molecule has 58 heavy (non-hydrogen) atoms. The average Bonchev–Trinajstić information content (AvgIpc) is 3.87. The largest absolute Gasteiger partial charge is 0.456 e. The van der Waals surface area contributed by atoms with Gasteiger partial charge in [-0.3, -0.25) is 0 Å². The first kappa shape index (κ1) is 32.6. The molecule has 0 saturated heterocycles. The number of hydrogen-bond donors (Lipinski definition) is 0. The molecule has 0 fully saturated rings. The number of hydrogen-bond acceptors (Lipinski definition) is 5. The van der Waals surface area contributed by atoms with Crippen LogP contribution in [0.25, 0.3) is 106 Å². The molecule has 5 nitrogen and oxygen atoms in total. The van der Waals surface area contributed by atoms with Crippen LogP contribution in [0.2, 0.25) is 0 Å². The Morgan fingerprint density at radius 1 is 0.431 bits per heavy atom. The minimum Gasteiger partial charge on any atom is -0.456 e. The summed E-state index contributed by atoms with van der Waals surface area (Å²) in [7, 11) is 0. The second kappa shape index (κ2) is 13.0. The fraction of sp³-hybridized carbons (Fsp3) is 0.0377. The molecule has 0 spiro atoms. The Morgan fingerprint density at radius 2 is 1.07 bits per heavy atom. The monoisotopic (exact) mass is 743 g/mol. The number of furan rings is 2. The van der Waals surface area contributed by atoms with Crippen molar-refractivity contribution in [2.24, 2.45) is 0 Å². The van der Waals surface area contributed by atoms with Crippen LogP contribution in [0.3, 0.4) is 0 Å². The number of aromatic nitrogens is 3. The Kier molecular flexibility index (Phi) is 7.29. The number of allylic oxidation sites excluding steroid dienone is 1. The van der Waals surface area contributed by atoms with Gasteiger partial charge in [-0.25, -0.2) is 15.0 Å². The van der Waals surface area contributed by atoms with Crippen molar-refractivity contribution in [3.05, 3.63) is 193 Å². The molecule has 11 aromatic rings. The van der Waals surface area contributed by atoms with E-state index in [0.717, 1.165) is 88.9 Å². The van der Waals surface area contributed by atoms with Gasteiger partial charge in [0.05, 0.1) is 5.56 Å². The van der Waals surface area contributed by atoms with E-state index in [9.17, 15) is 0 Å². The minimum atomic E-state index is 0.216. The van der Waals surface area contributed by atoms with E-state index in [1.807, 2.05) is 66.7 Å². The molecule has 1 aliphatic rings. The fourth-order valence-corrected chi connectivity index (χ4v) is 8.92. The molecule has 1 aliphatic carbocycles. The molecule has 0 N–H and O–H groups in total. The third kappa shape index (κ3) is 5.21. The van der Waals surface area contributed by atoms with Crippen LogP contribution in [0.1, 0.15) is 22.6 Å². The Hall–Kier alpha value is -7.63. The third-order valence-electron chi connectivity index (χ3n) is 11.7. The summed E-state index contributed by atoms with van der Waals surface area (Å²) in [6, 6.07) is 59.1. The molecular formula is C53H33N3O2. The van der Waals surface area contributed by atoms with Gasteiger partial charge in [0, 0.05) is 38.6 Å². The zero-order chi connectivity index (χ0) is 38.2. The molecule has 0 bridgehead atoms. The summed E-state index contributed by atoms with van der Waals surface area (Å²) < 4.78 is 13.1. The molecule has 1 unspecified atom stereocenters. The highest BCUT2D eigenvalue weighted by atomic mass is 16.3. The molecule has 0 amide bonds. The summed E-state index contributed by atoms with van der Waals surface area (Å²) in [4.78, 5) is 15.5. The van der Waals surface area contributed by atoms with E-state index in [4.69, 9.17) is 23.8 Å². The quantitative estimate of drug-likeness (QED) is 0.176. The zero-order valence-corrected chi connectivity index (χ0v) is 31.3. The van der Waals surface area contributed by atoms with Crippen LogP contribution in [0.15, 0.2) is 185 Å². The van der Waals surface area contributed by atoms with E-state index < -0.39 is 0 Å². The first-order valence-corrected chi connectivity index (χ1v) is 19.7. The fourth-order valence-electron chi connectivity index (χ4n) is 8.92. The zero-order valence-electron chi connectivity index (χ0n) is 31.3. The van der Waals surface area contributed by atoms with Crippen LogP contribution in [0.5, 0.6) is 0 Å². The molecule has 0 saturated carbocycles. The van der Waals surface area contributed by atoms with Gasteiger partial charge < -0.3 is 8.83 Å². The minimum absolute atomic E-state index is 0.216. The predicted molar refractivity (Wildman–Crippen MR) is 236 cm³/mol. The number of nitrogens with zero attached hydrogens (tertiary/aromatic N) is 3. The molecule has 8 aromatic carbocycles. The maximum atomic E-state index is 6.62. The Labute approximate surface area is 333 Å². The molecule has 0 aliphatic heterocycles. The van der Waals surface area contributed by atoms with Gasteiger partial charge in [0.2, 0.25) is 0 Å². The lowest BCUT2D eigenvalue weighted by Gasteiger charge is -2.21. The van der Waals surface area contributed by atoms with Crippen LogP contribution in [-0.4, -0.2) is 15.0 Å². The summed E-state index contributed by atoms with van der Waals surface area (Å²) in [6.07, 6.45) is 5.54. The highest BCUT2D eigenvalue weighted by Gasteiger charge is 2.23. The average molecular weight is 744 g/mol. The molecule has 3 heterocycles. The van der Waals surface area contributed by atoms with Gasteiger partial charge in [-0.2, -0.15) is 0 Å². The van der Waals surface area contributed by atoms with E-state index in [-0.39, 0.29) is 5.92 Å². The van der Waals surface area contributed by atoms with Gasteiger partial charge in [-0.1, -0.05) is 146 Å². The first-order chi connectivity index (χ1) is 28.7. The highest BCUT2D eigenvalue weighted by molar-refractivity contribution is 6.17. The van der Waals surface area contributed by atoms with E-state index in [0.29, 0.717) is 17.5 Å². The number of rotatable bonds is 5. The van der Waals surface area contributed by atoms with Crippen molar-refractivity contribution >= 4 is 60.7 Å². The summed E-state index contributed by atoms with van der Waals surface area (Å²) >= 11 is 0. The molecular weight excluding hydrogens is 711 g/mol. The van der Waals surface area contributed by atoms with E-state index >= 15 is 0 Å². The van der Waals surface area contributed by atoms with Crippen molar-refractivity contribution in [2.45, 2.75) is 12.3 Å². The first-order valence-electron chi connectivity index (χ1n) is 19.7. The Balaban J connectivity index is 1.07. The van der Waals surface area contributed by atoms with Gasteiger partial charge in [-0.15, -0.1) is 0 Å². The van der Waals surface area contributed by atoms with E-state index in [1.54, 1.807) is 0 Å². The van der Waals surface area contributed by atoms with Crippen LogP contribution in [0.4, 0.5) is 0 Å².